The molecule has 0 spiro atoms. The van der Waals surface area contributed by atoms with Gasteiger partial charge in [0, 0.05) is 4.90 Å². The van der Waals surface area contributed by atoms with Gasteiger partial charge in [-0.25, -0.2) is 0 Å². The third kappa shape index (κ3) is 6.07. The minimum absolute atomic E-state index is 0.137. The predicted molar refractivity (Wildman–Crippen MR) is 85.2 cm³/mol. The summed E-state index contributed by atoms with van der Waals surface area (Å²) in [6, 6.07) is 10.8. The summed E-state index contributed by atoms with van der Waals surface area (Å²) < 4.78 is 15.0. The number of hydrogen-bond acceptors (Lipinski definition) is 6. The van der Waals surface area contributed by atoms with E-state index in [4.69, 9.17) is 13.9 Å². The van der Waals surface area contributed by atoms with Gasteiger partial charge in [0.05, 0.1) is 25.7 Å². The Hall–Kier alpha value is -2.41. The second-order valence-corrected chi connectivity index (χ2v) is 5.53. The summed E-state index contributed by atoms with van der Waals surface area (Å²) in [6.45, 7) is -0.0350. The molecule has 122 valence electrons. The number of ether oxygens (including phenoxy) is 2. The van der Waals surface area contributed by atoms with Crippen molar-refractivity contribution < 1.29 is 23.5 Å². The number of esters is 1. The van der Waals surface area contributed by atoms with Crippen molar-refractivity contribution in [3.8, 4) is 5.75 Å². The zero-order valence-electron chi connectivity index (χ0n) is 12.6. The van der Waals surface area contributed by atoms with Crippen LogP contribution in [0.3, 0.4) is 0 Å². The lowest BCUT2D eigenvalue weighted by Crippen LogP contribution is -2.28. The Balaban J connectivity index is 1.63. The summed E-state index contributed by atoms with van der Waals surface area (Å²) in [5.41, 5.74) is 0. The molecule has 0 fully saturated rings. The first-order valence-corrected chi connectivity index (χ1v) is 7.87. The van der Waals surface area contributed by atoms with Crippen molar-refractivity contribution in [2.45, 2.75) is 11.4 Å². The maximum Gasteiger partial charge on any atom is 0.316 e. The number of amides is 1. The van der Waals surface area contributed by atoms with E-state index in [1.54, 1.807) is 19.2 Å². The highest BCUT2D eigenvalue weighted by molar-refractivity contribution is 8.00. The van der Waals surface area contributed by atoms with Crippen LogP contribution in [0.2, 0.25) is 0 Å². The first-order valence-electron chi connectivity index (χ1n) is 6.89. The molecule has 0 bridgehead atoms. The Morgan fingerprint density at radius 3 is 2.65 bits per heavy atom. The van der Waals surface area contributed by atoms with E-state index in [9.17, 15) is 9.59 Å². The molecule has 0 saturated heterocycles. The highest BCUT2D eigenvalue weighted by Crippen LogP contribution is 2.21. The van der Waals surface area contributed by atoms with Crippen LogP contribution >= 0.6 is 11.8 Å². The van der Waals surface area contributed by atoms with E-state index in [-0.39, 0.29) is 24.8 Å². The summed E-state index contributed by atoms with van der Waals surface area (Å²) in [5, 5.41) is 2.60. The molecule has 1 aromatic heterocycles. The summed E-state index contributed by atoms with van der Waals surface area (Å²) in [7, 11) is 1.59. The van der Waals surface area contributed by atoms with Crippen molar-refractivity contribution >= 4 is 23.6 Å². The normalized spacial score (nSPS) is 10.1. The van der Waals surface area contributed by atoms with Crippen molar-refractivity contribution in [1.82, 2.24) is 5.32 Å². The van der Waals surface area contributed by atoms with Gasteiger partial charge in [0.15, 0.2) is 6.61 Å². The molecule has 1 heterocycles. The van der Waals surface area contributed by atoms with Gasteiger partial charge in [-0.2, -0.15) is 0 Å². The molecule has 7 heteroatoms. The fourth-order valence-electron chi connectivity index (χ4n) is 1.65. The highest BCUT2D eigenvalue weighted by Gasteiger charge is 2.09. The maximum atomic E-state index is 11.6. The van der Waals surface area contributed by atoms with E-state index in [0.717, 1.165) is 10.6 Å². The molecule has 0 aliphatic rings. The highest BCUT2D eigenvalue weighted by atomic mass is 32.2. The number of rotatable bonds is 8. The molecule has 1 aromatic carbocycles. The molecule has 0 radical (unpaired) electrons. The van der Waals surface area contributed by atoms with Gasteiger partial charge >= 0.3 is 5.97 Å². The minimum Gasteiger partial charge on any atom is -0.497 e. The number of carbonyl (C=O) groups excluding carboxylic acids is 2. The van der Waals surface area contributed by atoms with E-state index < -0.39 is 5.97 Å². The predicted octanol–water partition coefficient (Wildman–Crippen LogP) is 2.24. The average molecular weight is 335 g/mol. The Morgan fingerprint density at radius 2 is 2.00 bits per heavy atom. The fraction of sp³-hybridized carbons (Fsp3) is 0.250. The lowest BCUT2D eigenvalue weighted by molar-refractivity contribution is -0.146. The molecule has 1 amide bonds. The van der Waals surface area contributed by atoms with Gasteiger partial charge in [-0.15, -0.1) is 11.8 Å². The zero-order valence-corrected chi connectivity index (χ0v) is 13.4. The van der Waals surface area contributed by atoms with Gasteiger partial charge in [-0.1, -0.05) is 0 Å². The molecule has 2 aromatic rings. The summed E-state index contributed by atoms with van der Waals surface area (Å²) in [6.07, 6.45) is 1.53. The standard InChI is InChI=1S/C16H17NO5S/c1-20-12-4-6-14(7-5-12)23-11-16(19)22-10-15(18)17-9-13-3-2-8-21-13/h2-8H,9-11H2,1H3,(H,17,18). The smallest absolute Gasteiger partial charge is 0.316 e. The fourth-order valence-corrected chi connectivity index (χ4v) is 2.35. The number of furan rings is 1. The molecule has 1 N–H and O–H groups in total. The van der Waals surface area contributed by atoms with Crippen molar-refractivity contribution in [3.05, 3.63) is 48.4 Å². The number of carbonyl (C=O) groups is 2. The van der Waals surface area contributed by atoms with Crippen LogP contribution in [0.1, 0.15) is 5.76 Å². The Morgan fingerprint density at radius 1 is 1.22 bits per heavy atom. The van der Waals surface area contributed by atoms with Crippen LogP contribution in [0.4, 0.5) is 0 Å². The maximum absolute atomic E-state index is 11.6. The van der Waals surface area contributed by atoms with Gasteiger partial charge in [0.2, 0.25) is 0 Å². The molecule has 2 rings (SSSR count). The Kier molecular flexibility index (Phi) is 6.56. The molecule has 0 saturated carbocycles. The molecular weight excluding hydrogens is 318 g/mol. The van der Waals surface area contributed by atoms with Crippen LogP contribution in [0.15, 0.2) is 52.0 Å². The third-order valence-corrected chi connectivity index (χ3v) is 3.81. The number of thioether (sulfide) groups is 1. The van der Waals surface area contributed by atoms with Gasteiger partial charge in [0.1, 0.15) is 11.5 Å². The molecule has 0 unspecified atom stereocenters. The second kappa shape index (κ2) is 8.89. The molecule has 6 nitrogen and oxygen atoms in total. The SMILES string of the molecule is COc1ccc(SCC(=O)OCC(=O)NCc2ccco2)cc1. The Labute approximate surface area is 138 Å². The molecular formula is C16H17NO5S. The number of nitrogens with one attached hydrogen (secondary N) is 1. The second-order valence-electron chi connectivity index (χ2n) is 4.48. The van der Waals surface area contributed by atoms with E-state index in [2.05, 4.69) is 5.32 Å². The summed E-state index contributed by atoms with van der Waals surface area (Å²) in [5.74, 6) is 0.714. The number of benzene rings is 1. The van der Waals surface area contributed by atoms with Crippen molar-refractivity contribution in [3.63, 3.8) is 0 Å². The van der Waals surface area contributed by atoms with Gasteiger partial charge in [0.25, 0.3) is 5.91 Å². The zero-order chi connectivity index (χ0) is 16.5. The van der Waals surface area contributed by atoms with E-state index in [1.165, 1.54) is 18.0 Å². The first-order chi connectivity index (χ1) is 11.2. The van der Waals surface area contributed by atoms with Crippen molar-refractivity contribution in [2.75, 3.05) is 19.5 Å². The average Bonchev–Trinajstić information content (AvgIpc) is 3.10. The van der Waals surface area contributed by atoms with E-state index in [0.29, 0.717) is 5.76 Å². The van der Waals surface area contributed by atoms with Crippen molar-refractivity contribution in [2.24, 2.45) is 0 Å². The Bertz CT molecular complexity index is 624. The van der Waals surface area contributed by atoms with Crippen LogP contribution in [0, 0.1) is 0 Å². The molecule has 0 atom stereocenters. The molecule has 0 aliphatic carbocycles. The van der Waals surface area contributed by atoms with Gasteiger partial charge < -0.3 is 19.2 Å². The quantitative estimate of drug-likeness (QED) is 0.589. The van der Waals surface area contributed by atoms with Crippen LogP contribution < -0.4 is 10.1 Å². The lowest BCUT2D eigenvalue weighted by atomic mass is 10.3. The summed E-state index contributed by atoms with van der Waals surface area (Å²) >= 11 is 1.33. The number of methoxy groups -OCH3 is 1. The third-order valence-electron chi connectivity index (χ3n) is 2.82. The monoisotopic (exact) mass is 335 g/mol. The van der Waals surface area contributed by atoms with Crippen molar-refractivity contribution in [1.29, 1.82) is 0 Å². The van der Waals surface area contributed by atoms with Crippen LogP contribution in [0.25, 0.3) is 0 Å². The van der Waals surface area contributed by atoms with Gasteiger partial charge in [-0.05, 0) is 36.4 Å². The first kappa shape index (κ1) is 17.0. The van der Waals surface area contributed by atoms with E-state index in [1.807, 2.05) is 24.3 Å². The van der Waals surface area contributed by atoms with Crippen LogP contribution in [-0.4, -0.2) is 31.3 Å². The van der Waals surface area contributed by atoms with Crippen LogP contribution in [-0.2, 0) is 20.9 Å². The minimum atomic E-state index is -0.445. The number of hydrogen-bond donors (Lipinski definition) is 1. The van der Waals surface area contributed by atoms with E-state index >= 15 is 0 Å². The van der Waals surface area contributed by atoms with Gasteiger partial charge in [-0.3, -0.25) is 9.59 Å². The summed E-state index contributed by atoms with van der Waals surface area (Å²) in [4.78, 5) is 24.1. The largest absolute Gasteiger partial charge is 0.497 e. The molecule has 23 heavy (non-hydrogen) atoms. The molecule has 0 aliphatic heterocycles. The lowest BCUT2D eigenvalue weighted by Gasteiger charge is -2.06. The topological polar surface area (TPSA) is 77.8 Å². The van der Waals surface area contributed by atoms with Crippen LogP contribution in [0.5, 0.6) is 5.75 Å².